The average Bonchev–Trinajstić information content (AvgIpc) is 3.30. The van der Waals surface area contributed by atoms with Crippen LogP contribution in [0.25, 0.3) is 10.6 Å². The number of hydrazine groups is 1. The topological polar surface area (TPSA) is 80.3 Å². The van der Waals surface area contributed by atoms with E-state index in [4.69, 9.17) is 4.74 Å². The smallest absolute Gasteiger partial charge is 0.281 e. The van der Waals surface area contributed by atoms with Crippen LogP contribution in [0.4, 0.5) is 4.39 Å². The summed E-state index contributed by atoms with van der Waals surface area (Å²) in [5, 5.41) is 4.64. The predicted molar refractivity (Wildman–Crippen MR) is 102 cm³/mol. The largest absolute Gasteiger partial charge is 0.481 e. The molecule has 3 aromatic rings. The molecule has 2 heterocycles. The maximum atomic E-state index is 12.9. The van der Waals surface area contributed by atoms with Gasteiger partial charge >= 0.3 is 0 Å². The standard InChI is InChI=1S/C18H16FN3O3S2/c1-10-15(27-18(20-10)12-7-8-26-9-12)17(24)22-21-16(23)11(2)25-14-5-3-13(19)4-6-14/h3-9,11H,1-2H3,(H,21,23)(H,22,24)/t11-/m1/s1. The lowest BCUT2D eigenvalue weighted by Gasteiger charge is -2.15. The zero-order valence-electron chi connectivity index (χ0n) is 14.5. The van der Waals surface area contributed by atoms with E-state index < -0.39 is 23.7 Å². The molecule has 0 aliphatic heterocycles. The van der Waals surface area contributed by atoms with Crippen molar-refractivity contribution in [2.24, 2.45) is 0 Å². The van der Waals surface area contributed by atoms with Gasteiger partial charge < -0.3 is 4.74 Å². The van der Waals surface area contributed by atoms with Gasteiger partial charge in [0.25, 0.3) is 11.8 Å². The first-order valence-corrected chi connectivity index (χ1v) is 9.72. The van der Waals surface area contributed by atoms with Gasteiger partial charge in [-0.1, -0.05) is 0 Å². The third-order valence-corrected chi connectivity index (χ3v) is 5.45. The van der Waals surface area contributed by atoms with Crippen LogP contribution in [-0.4, -0.2) is 22.9 Å². The highest BCUT2D eigenvalue weighted by atomic mass is 32.1. The number of carbonyl (C=O) groups is 2. The summed E-state index contributed by atoms with van der Waals surface area (Å²) >= 11 is 2.81. The van der Waals surface area contributed by atoms with E-state index in [0.717, 1.165) is 10.6 Å². The second kappa shape index (κ2) is 8.28. The number of benzene rings is 1. The maximum Gasteiger partial charge on any atom is 0.281 e. The molecule has 0 radical (unpaired) electrons. The minimum absolute atomic E-state index is 0.351. The van der Waals surface area contributed by atoms with Crippen molar-refractivity contribution in [3.8, 4) is 16.3 Å². The number of thiazole rings is 1. The van der Waals surface area contributed by atoms with Crippen molar-refractivity contribution in [1.82, 2.24) is 15.8 Å². The van der Waals surface area contributed by atoms with Gasteiger partial charge in [0.2, 0.25) is 0 Å². The van der Waals surface area contributed by atoms with E-state index in [1.54, 1.807) is 18.3 Å². The number of nitrogens with zero attached hydrogens (tertiary/aromatic N) is 1. The summed E-state index contributed by atoms with van der Waals surface area (Å²) in [5.41, 5.74) is 6.24. The molecule has 0 bridgehead atoms. The fourth-order valence-electron chi connectivity index (χ4n) is 2.16. The summed E-state index contributed by atoms with van der Waals surface area (Å²) in [7, 11) is 0. The van der Waals surface area contributed by atoms with E-state index in [2.05, 4.69) is 15.8 Å². The number of carbonyl (C=O) groups excluding carboxylic acids is 2. The molecule has 2 aromatic heterocycles. The third kappa shape index (κ3) is 4.69. The Morgan fingerprint density at radius 1 is 1.19 bits per heavy atom. The number of nitrogens with one attached hydrogen (secondary N) is 2. The zero-order valence-corrected chi connectivity index (χ0v) is 16.1. The molecule has 2 amide bonds. The van der Waals surface area contributed by atoms with Crippen LogP contribution in [0.5, 0.6) is 5.75 Å². The first-order chi connectivity index (χ1) is 12.9. The van der Waals surface area contributed by atoms with Gasteiger partial charge in [-0.25, -0.2) is 9.37 Å². The SMILES string of the molecule is Cc1nc(-c2ccsc2)sc1C(=O)NNC(=O)[C@@H](C)Oc1ccc(F)cc1. The first-order valence-electron chi connectivity index (χ1n) is 7.96. The number of hydrogen-bond acceptors (Lipinski definition) is 6. The molecule has 0 saturated heterocycles. The lowest BCUT2D eigenvalue weighted by molar-refractivity contribution is -0.128. The van der Waals surface area contributed by atoms with Crippen LogP contribution in [0.2, 0.25) is 0 Å². The van der Waals surface area contributed by atoms with E-state index in [1.807, 2.05) is 16.8 Å². The average molecular weight is 405 g/mol. The number of halogens is 1. The first kappa shape index (κ1) is 19.0. The Balaban J connectivity index is 1.57. The van der Waals surface area contributed by atoms with E-state index in [-0.39, 0.29) is 0 Å². The Labute approximate surface area is 163 Å². The normalized spacial score (nSPS) is 11.7. The van der Waals surface area contributed by atoms with Gasteiger partial charge in [-0.05, 0) is 49.6 Å². The van der Waals surface area contributed by atoms with Crippen LogP contribution >= 0.6 is 22.7 Å². The highest BCUT2D eigenvalue weighted by molar-refractivity contribution is 7.17. The molecule has 140 valence electrons. The lowest BCUT2D eigenvalue weighted by atomic mass is 10.3. The molecule has 1 aromatic carbocycles. The molecule has 0 saturated carbocycles. The lowest BCUT2D eigenvalue weighted by Crippen LogP contribution is -2.47. The van der Waals surface area contributed by atoms with Crippen LogP contribution in [0.3, 0.4) is 0 Å². The quantitative estimate of drug-likeness (QED) is 0.636. The zero-order chi connectivity index (χ0) is 19.4. The molecule has 1 atom stereocenters. The molecule has 0 unspecified atom stereocenters. The van der Waals surface area contributed by atoms with Gasteiger partial charge in [0.05, 0.1) is 5.69 Å². The molecule has 0 fully saturated rings. The van der Waals surface area contributed by atoms with Crippen LogP contribution in [0, 0.1) is 12.7 Å². The summed E-state index contributed by atoms with van der Waals surface area (Å²) in [6, 6.07) is 7.24. The molecular weight excluding hydrogens is 389 g/mol. The minimum Gasteiger partial charge on any atom is -0.481 e. The Morgan fingerprint density at radius 3 is 2.59 bits per heavy atom. The van der Waals surface area contributed by atoms with Crippen molar-refractivity contribution in [1.29, 1.82) is 0 Å². The molecule has 0 aliphatic rings. The van der Waals surface area contributed by atoms with Crippen molar-refractivity contribution in [2.45, 2.75) is 20.0 Å². The Hall–Kier alpha value is -2.78. The number of aryl methyl sites for hydroxylation is 1. The van der Waals surface area contributed by atoms with Gasteiger partial charge in [-0.15, -0.1) is 11.3 Å². The Kier molecular flexibility index (Phi) is 5.82. The summed E-state index contributed by atoms with van der Waals surface area (Å²) in [6.45, 7) is 3.26. The van der Waals surface area contributed by atoms with Gasteiger partial charge in [0, 0.05) is 10.9 Å². The number of rotatable bonds is 5. The van der Waals surface area contributed by atoms with Crippen LogP contribution in [0.15, 0.2) is 41.1 Å². The second-order valence-electron chi connectivity index (χ2n) is 5.60. The fourth-order valence-corrected chi connectivity index (χ4v) is 3.84. The van der Waals surface area contributed by atoms with Gasteiger partial charge in [-0.3, -0.25) is 20.4 Å². The summed E-state index contributed by atoms with van der Waals surface area (Å²) in [5.74, 6) is -1.03. The molecule has 9 heteroatoms. The number of ether oxygens (including phenoxy) is 1. The molecule has 0 spiro atoms. The summed E-state index contributed by atoms with van der Waals surface area (Å²) in [4.78, 5) is 29.2. The van der Waals surface area contributed by atoms with Crippen molar-refractivity contribution >= 4 is 34.5 Å². The highest BCUT2D eigenvalue weighted by Gasteiger charge is 2.19. The number of thiophene rings is 1. The van der Waals surface area contributed by atoms with Crippen LogP contribution in [0.1, 0.15) is 22.3 Å². The van der Waals surface area contributed by atoms with E-state index in [0.29, 0.717) is 16.3 Å². The molecule has 6 nitrogen and oxygen atoms in total. The Morgan fingerprint density at radius 2 is 1.93 bits per heavy atom. The van der Waals surface area contributed by atoms with Crippen molar-refractivity contribution in [3.63, 3.8) is 0 Å². The van der Waals surface area contributed by atoms with Gasteiger partial charge in [0.15, 0.2) is 6.10 Å². The van der Waals surface area contributed by atoms with Crippen LogP contribution < -0.4 is 15.6 Å². The van der Waals surface area contributed by atoms with Crippen LogP contribution in [-0.2, 0) is 4.79 Å². The van der Waals surface area contributed by atoms with Gasteiger partial charge in [-0.2, -0.15) is 11.3 Å². The predicted octanol–water partition coefficient (Wildman–Crippen LogP) is 3.55. The van der Waals surface area contributed by atoms with Crippen molar-refractivity contribution < 1.29 is 18.7 Å². The highest BCUT2D eigenvalue weighted by Crippen LogP contribution is 2.29. The molecule has 27 heavy (non-hydrogen) atoms. The fraction of sp³-hybridized carbons (Fsp3) is 0.167. The molecule has 0 aliphatic carbocycles. The van der Waals surface area contributed by atoms with Crippen molar-refractivity contribution in [3.05, 3.63) is 57.5 Å². The molecule has 3 rings (SSSR count). The minimum atomic E-state index is -0.875. The molecular formula is C18H16FN3O3S2. The van der Waals surface area contributed by atoms with E-state index in [1.165, 1.54) is 42.5 Å². The third-order valence-electron chi connectivity index (χ3n) is 3.57. The molecule has 2 N–H and O–H groups in total. The summed E-state index contributed by atoms with van der Waals surface area (Å²) in [6.07, 6.45) is -0.875. The van der Waals surface area contributed by atoms with E-state index >= 15 is 0 Å². The maximum absolute atomic E-state index is 12.9. The monoisotopic (exact) mass is 405 g/mol. The second-order valence-corrected chi connectivity index (χ2v) is 7.38. The summed E-state index contributed by atoms with van der Waals surface area (Å²) < 4.78 is 18.3. The van der Waals surface area contributed by atoms with E-state index in [9.17, 15) is 14.0 Å². The number of aromatic nitrogens is 1. The number of hydrogen-bond donors (Lipinski definition) is 2. The number of amides is 2. The Bertz CT molecular complexity index is 939. The van der Waals surface area contributed by atoms with Gasteiger partial charge in [0.1, 0.15) is 21.5 Å². The van der Waals surface area contributed by atoms with Crippen molar-refractivity contribution in [2.75, 3.05) is 0 Å².